The number of alkyl halides is 1. The molecule has 0 aliphatic heterocycles. The monoisotopic (exact) mass is 313 g/mol. The molecule has 5 heteroatoms. The average Bonchev–Trinajstić information content (AvgIpc) is 2.29. The van der Waals surface area contributed by atoms with E-state index in [1.807, 2.05) is 0 Å². The first-order chi connectivity index (χ1) is 8.34. The second kappa shape index (κ2) is 6.00. The second-order valence-electron chi connectivity index (χ2n) is 4.22. The first-order valence-corrected chi connectivity index (χ1v) is 6.41. The van der Waals surface area contributed by atoms with E-state index in [0.29, 0.717) is 17.9 Å². The highest BCUT2D eigenvalue weighted by molar-refractivity contribution is 9.10. The van der Waals surface area contributed by atoms with Crippen LogP contribution >= 0.6 is 15.9 Å². The third kappa shape index (κ3) is 4.14. The van der Waals surface area contributed by atoms with E-state index < -0.39 is 4.32 Å². The quantitative estimate of drug-likeness (QED) is 0.686. The lowest BCUT2D eigenvalue weighted by atomic mass is 10.1. The summed E-state index contributed by atoms with van der Waals surface area (Å²) in [7, 11) is 0. The van der Waals surface area contributed by atoms with E-state index in [0.717, 1.165) is 0 Å². The molecule has 0 aliphatic carbocycles. The predicted octanol–water partition coefficient (Wildman–Crippen LogP) is 2.98. The van der Waals surface area contributed by atoms with Gasteiger partial charge < -0.3 is 10.1 Å². The molecular formula is C13H16BrNO3. The van der Waals surface area contributed by atoms with Crippen LogP contribution in [0.3, 0.4) is 0 Å². The van der Waals surface area contributed by atoms with E-state index in [1.54, 1.807) is 45.0 Å². The molecule has 1 aromatic rings. The van der Waals surface area contributed by atoms with Crippen LogP contribution in [0, 0.1) is 0 Å². The second-order valence-corrected chi connectivity index (χ2v) is 6.21. The van der Waals surface area contributed by atoms with Crippen LogP contribution in [0.4, 0.5) is 5.69 Å². The molecule has 0 fully saturated rings. The van der Waals surface area contributed by atoms with Crippen LogP contribution in [0.1, 0.15) is 31.1 Å². The lowest BCUT2D eigenvalue weighted by molar-refractivity contribution is -0.117. The highest BCUT2D eigenvalue weighted by Crippen LogP contribution is 2.19. The molecule has 4 nitrogen and oxygen atoms in total. The summed E-state index contributed by atoms with van der Waals surface area (Å²) in [5.74, 6) is -0.511. The van der Waals surface area contributed by atoms with Crippen LogP contribution in [0.15, 0.2) is 24.3 Å². The van der Waals surface area contributed by atoms with Crippen LogP contribution in [0.25, 0.3) is 0 Å². The third-order valence-corrected chi connectivity index (χ3v) is 2.55. The molecule has 0 bridgehead atoms. The lowest BCUT2D eigenvalue weighted by Gasteiger charge is -2.15. The molecule has 0 unspecified atom stereocenters. The van der Waals surface area contributed by atoms with Crippen molar-refractivity contribution < 1.29 is 14.3 Å². The van der Waals surface area contributed by atoms with Crippen molar-refractivity contribution in [2.45, 2.75) is 25.1 Å². The fourth-order valence-electron chi connectivity index (χ4n) is 1.18. The number of anilines is 1. The van der Waals surface area contributed by atoms with Crippen molar-refractivity contribution in [3.63, 3.8) is 0 Å². The number of hydrogen-bond donors (Lipinski definition) is 1. The number of carbonyl (C=O) groups excluding carboxylic acids is 2. The molecule has 0 radical (unpaired) electrons. The van der Waals surface area contributed by atoms with Gasteiger partial charge in [-0.1, -0.05) is 15.9 Å². The topological polar surface area (TPSA) is 55.4 Å². The zero-order valence-electron chi connectivity index (χ0n) is 10.6. The van der Waals surface area contributed by atoms with E-state index >= 15 is 0 Å². The van der Waals surface area contributed by atoms with Gasteiger partial charge in [-0.15, -0.1) is 0 Å². The normalized spacial score (nSPS) is 10.9. The fraction of sp³-hybridized carbons (Fsp3) is 0.385. The van der Waals surface area contributed by atoms with Gasteiger partial charge in [-0.3, -0.25) is 4.79 Å². The number of benzene rings is 1. The number of hydrogen-bond acceptors (Lipinski definition) is 3. The molecule has 1 N–H and O–H groups in total. The number of nitrogens with one attached hydrogen (secondary N) is 1. The molecule has 0 spiro atoms. The molecule has 0 saturated heterocycles. The van der Waals surface area contributed by atoms with Gasteiger partial charge in [-0.25, -0.2) is 4.79 Å². The number of esters is 1. The number of halogens is 1. The van der Waals surface area contributed by atoms with E-state index in [-0.39, 0.29) is 11.9 Å². The average molecular weight is 314 g/mol. The van der Waals surface area contributed by atoms with Crippen molar-refractivity contribution in [2.24, 2.45) is 0 Å². The van der Waals surface area contributed by atoms with Crippen molar-refractivity contribution in [1.29, 1.82) is 0 Å². The van der Waals surface area contributed by atoms with Gasteiger partial charge in [-0.05, 0) is 45.0 Å². The summed E-state index contributed by atoms with van der Waals surface area (Å²) in [6, 6.07) is 6.58. The van der Waals surface area contributed by atoms with E-state index in [1.165, 1.54) is 0 Å². The van der Waals surface area contributed by atoms with Crippen molar-refractivity contribution in [3.05, 3.63) is 29.8 Å². The minimum absolute atomic E-state index is 0.147. The van der Waals surface area contributed by atoms with Gasteiger partial charge in [0, 0.05) is 5.69 Å². The van der Waals surface area contributed by atoms with Crippen LogP contribution in [0.2, 0.25) is 0 Å². The highest BCUT2D eigenvalue weighted by Gasteiger charge is 2.23. The minimum atomic E-state index is -0.632. The van der Waals surface area contributed by atoms with Gasteiger partial charge in [0.15, 0.2) is 0 Å². The molecule has 98 valence electrons. The summed E-state index contributed by atoms with van der Waals surface area (Å²) < 4.78 is 4.24. The maximum Gasteiger partial charge on any atom is 0.338 e. The van der Waals surface area contributed by atoms with Crippen molar-refractivity contribution in [1.82, 2.24) is 0 Å². The molecule has 0 saturated carbocycles. The SMILES string of the molecule is CCOC(=O)c1ccc(NC(=O)C(C)(C)Br)cc1. The smallest absolute Gasteiger partial charge is 0.338 e. The number of amides is 1. The Morgan fingerprint density at radius 1 is 1.28 bits per heavy atom. The summed E-state index contributed by atoms with van der Waals surface area (Å²) in [4.78, 5) is 23.1. The molecule has 0 aliphatic rings. The van der Waals surface area contributed by atoms with Crippen LogP contribution in [-0.4, -0.2) is 22.8 Å². The summed E-state index contributed by atoms with van der Waals surface area (Å²) in [5, 5.41) is 2.74. The minimum Gasteiger partial charge on any atom is -0.462 e. The summed E-state index contributed by atoms with van der Waals surface area (Å²) in [5.41, 5.74) is 1.11. The van der Waals surface area contributed by atoms with Gasteiger partial charge in [0.1, 0.15) is 0 Å². The molecule has 18 heavy (non-hydrogen) atoms. The predicted molar refractivity (Wildman–Crippen MR) is 74.0 cm³/mol. The molecule has 0 heterocycles. The van der Waals surface area contributed by atoms with Crippen molar-refractivity contribution in [3.8, 4) is 0 Å². The molecule has 1 rings (SSSR count). The van der Waals surface area contributed by atoms with Crippen LogP contribution < -0.4 is 5.32 Å². The summed E-state index contributed by atoms with van der Waals surface area (Å²) in [6.45, 7) is 5.62. The maximum atomic E-state index is 11.7. The first kappa shape index (κ1) is 14.7. The Morgan fingerprint density at radius 2 is 1.83 bits per heavy atom. The van der Waals surface area contributed by atoms with E-state index in [2.05, 4.69) is 21.2 Å². The molecule has 0 aromatic heterocycles. The van der Waals surface area contributed by atoms with Crippen LogP contribution in [0.5, 0.6) is 0 Å². The number of carbonyl (C=O) groups is 2. The first-order valence-electron chi connectivity index (χ1n) is 5.62. The van der Waals surface area contributed by atoms with Crippen LogP contribution in [-0.2, 0) is 9.53 Å². The largest absolute Gasteiger partial charge is 0.462 e. The zero-order valence-corrected chi connectivity index (χ0v) is 12.2. The van der Waals surface area contributed by atoms with Crippen molar-refractivity contribution in [2.75, 3.05) is 11.9 Å². The zero-order chi connectivity index (χ0) is 13.8. The van der Waals surface area contributed by atoms with Gasteiger partial charge in [0.05, 0.1) is 16.5 Å². The molecule has 0 atom stereocenters. The fourth-order valence-corrected chi connectivity index (χ4v) is 1.28. The summed E-state index contributed by atoms with van der Waals surface area (Å²) in [6.07, 6.45) is 0. The Bertz CT molecular complexity index is 435. The number of rotatable bonds is 4. The Morgan fingerprint density at radius 3 is 2.28 bits per heavy atom. The third-order valence-electron chi connectivity index (χ3n) is 2.19. The summed E-state index contributed by atoms with van der Waals surface area (Å²) >= 11 is 3.27. The Balaban J connectivity index is 2.72. The maximum absolute atomic E-state index is 11.7. The van der Waals surface area contributed by atoms with E-state index in [4.69, 9.17) is 4.74 Å². The highest BCUT2D eigenvalue weighted by atomic mass is 79.9. The van der Waals surface area contributed by atoms with Gasteiger partial charge in [-0.2, -0.15) is 0 Å². The lowest BCUT2D eigenvalue weighted by Crippen LogP contribution is -2.30. The Labute approximate surface area is 115 Å². The Kier molecular flexibility index (Phi) is 4.90. The van der Waals surface area contributed by atoms with Gasteiger partial charge in [0.25, 0.3) is 0 Å². The number of ether oxygens (including phenoxy) is 1. The van der Waals surface area contributed by atoms with Gasteiger partial charge >= 0.3 is 5.97 Å². The molecular weight excluding hydrogens is 298 g/mol. The van der Waals surface area contributed by atoms with Crippen molar-refractivity contribution >= 4 is 33.5 Å². The molecule has 1 amide bonds. The van der Waals surface area contributed by atoms with Gasteiger partial charge in [0.2, 0.25) is 5.91 Å². The van der Waals surface area contributed by atoms with E-state index in [9.17, 15) is 9.59 Å². The standard InChI is InChI=1S/C13H16BrNO3/c1-4-18-11(16)9-5-7-10(8-6-9)15-12(17)13(2,3)14/h5-8H,4H2,1-3H3,(H,15,17). The Hall–Kier alpha value is -1.36. The molecule has 1 aromatic carbocycles.